The molecule has 150 valence electrons. The van der Waals surface area contributed by atoms with Crippen LogP contribution in [0.15, 0.2) is 72.1 Å². The Balaban J connectivity index is 1.28. The van der Waals surface area contributed by atoms with Gasteiger partial charge < -0.3 is 19.9 Å². The minimum Gasteiger partial charge on any atom is -0.455 e. The van der Waals surface area contributed by atoms with Crippen molar-refractivity contribution in [3.63, 3.8) is 0 Å². The summed E-state index contributed by atoms with van der Waals surface area (Å²) in [4.78, 5) is 17.0. The average molecular weight is 410 g/mol. The minimum atomic E-state index is 0.0332. The number of quaternary nitrogens is 2. The highest BCUT2D eigenvalue weighted by atomic mass is 32.1. The van der Waals surface area contributed by atoms with E-state index in [0.717, 1.165) is 38.5 Å². The fourth-order valence-corrected chi connectivity index (χ4v) is 4.44. The van der Waals surface area contributed by atoms with Gasteiger partial charge in [0.1, 0.15) is 38.5 Å². The zero-order valence-electron chi connectivity index (χ0n) is 16.4. The molecule has 0 aliphatic carbocycles. The summed E-state index contributed by atoms with van der Waals surface area (Å²) in [5, 5.41) is 5.17. The Kier molecular flexibility index (Phi) is 6.56. The second kappa shape index (κ2) is 9.69. The molecule has 1 aromatic heterocycles. The van der Waals surface area contributed by atoms with Crippen LogP contribution in [0.5, 0.6) is 11.5 Å². The number of benzene rings is 2. The first kappa shape index (κ1) is 19.6. The van der Waals surface area contributed by atoms with Crippen molar-refractivity contribution in [3.05, 3.63) is 77.0 Å². The molecular formula is C23H27N3O2S+2. The standard InChI is InChI=1S/C23H25N3O2S/c27-23(18-26-14-12-25(13-15-26)17-20-9-6-16-29-20)24-21-10-4-5-11-22(21)28-19-7-2-1-3-8-19/h1-11,16H,12-15,17-18H2,(H,24,27)/p+2. The highest BCUT2D eigenvalue weighted by molar-refractivity contribution is 7.09. The lowest BCUT2D eigenvalue weighted by molar-refractivity contribution is -1.01. The molecule has 2 aromatic carbocycles. The van der Waals surface area contributed by atoms with Gasteiger partial charge in [-0.1, -0.05) is 36.4 Å². The molecule has 0 saturated carbocycles. The quantitative estimate of drug-likeness (QED) is 0.553. The molecule has 5 nitrogen and oxygen atoms in total. The lowest BCUT2D eigenvalue weighted by Gasteiger charge is -2.29. The highest BCUT2D eigenvalue weighted by Gasteiger charge is 2.25. The highest BCUT2D eigenvalue weighted by Crippen LogP contribution is 2.28. The molecule has 0 unspecified atom stereocenters. The molecule has 1 amide bonds. The molecule has 0 bridgehead atoms. The van der Waals surface area contributed by atoms with Gasteiger partial charge in [-0.3, -0.25) is 4.79 Å². The molecule has 29 heavy (non-hydrogen) atoms. The van der Waals surface area contributed by atoms with Crippen LogP contribution in [0, 0.1) is 0 Å². The molecule has 1 saturated heterocycles. The first-order valence-corrected chi connectivity index (χ1v) is 11.0. The van der Waals surface area contributed by atoms with Crippen molar-refractivity contribution in [2.45, 2.75) is 6.54 Å². The minimum absolute atomic E-state index is 0.0332. The van der Waals surface area contributed by atoms with Crippen molar-refractivity contribution >= 4 is 22.9 Å². The van der Waals surface area contributed by atoms with Gasteiger partial charge in [-0.2, -0.15) is 0 Å². The van der Waals surface area contributed by atoms with Crippen LogP contribution in [0.25, 0.3) is 0 Å². The van der Waals surface area contributed by atoms with Gasteiger partial charge in [-0.25, -0.2) is 0 Å². The van der Waals surface area contributed by atoms with E-state index in [9.17, 15) is 4.79 Å². The van der Waals surface area contributed by atoms with Crippen molar-refractivity contribution in [1.29, 1.82) is 0 Å². The topological polar surface area (TPSA) is 47.2 Å². The number of thiophene rings is 1. The molecule has 1 aliphatic heterocycles. The van der Waals surface area contributed by atoms with E-state index < -0.39 is 0 Å². The van der Waals surface area contributed by atoms with Crippen molar-refractivity contribution < 1.29 is 19.3 Å². The maximum Gasteiger partial charge on any atom is 0.279 e. The normalized spacial score (nSPS) is 18.9. The number of anilines is 1. The number of rotatable bonds is 7. The molecule has 4 rings (SSSR count). The summed E-state index contributed by atoms with van der Waals surface area (Å²) in [6.45, 7) is 5.85. The van der Waals surface area contributed by atoms with E-state index in [4.69, 9.17) is 4.74 Å². The summed E-state index contributed by atoms with van der Waals surface area (Å²) >= 11 is 1.83. The third-order valence-electron chi connectivity index (χ3n) is 5.21. The van der Waals surface area contributed by atoms with Crippen molar-refractivity contribution in [3.8, 4) is 11.5 Å². The van der Waals surface area contributed by atoms with E-state index in [2.05, 4.69) is 22.8 Å². The average Bonchev–Trinajstić information content (AvgIpc) is 3.25. The van der Waals surface area contributed by atoms with Gasteiger partial charge in [0.05, 0.1) is 10.6 Å². The van der Waals surface area contributed by atoms with Crippen LogP contribution in [-0.2, 0) is 11.3 Å². The molecule has 0 radical (unpaired) electrons. The molecule has 3 aromatic rings. The fourth-order valence-electron chi connectivity index (χ4n) is 3.67. The van der Waals surface area contributed by atoms with Crippen LogP contribution < -0.4 is 19.9 Å². The lowest BCUT2D eigenvalue weighted by atomic mass is 10.2. The monoisotopic (exact) mass is 409 g/mol. The molecular weight excluding hydrogens is 382 g/mol. The van der Waals surface area contributed by atoms with Crippen LogP contribution in [0.1, 0.15) is 4.88 Å². The van der Waals surface area contributed by atoms with E-state index >= 15 is 0 Å². The van der Waals surface area contributed by atoms with Crippen molar-refractivity contribution in [2.24, 2.45) is 0 Å². The summed E-state index contributed by atoms with van der Waals surface area (Å²) in [7, 11) is 0. The van der Waals surface area contributed by atoms with Gasteiger partial charge in [-0.05, 0) is 35.7 Å². The number of carbonyl (C=O) groups is 1. The number of para-hydroxylation sites is 3. The Bertz CT molecular complexity index is 907. The van der Waals surface area contributed by atoms with Gasteiger partial charge in [-0.15, -0.1) is 11.3 Å². The van der Waals surface area contributed by atoms with Gasteiger partial charge in [0, 0.05) is 0 Å². The first-order chi connectivity index (χ1) is 14.3. The maximum absolute atomic E-state index is 12.6. The van der Waals surface area contributed by atoms with E-state index in [1.165, 1.54) is 9.78 Å². The summed E-state index contributed by atoms with van der Waals surface area (Å²) < 4.78 is 5.94. The largest absolute Gasteiger partial charge is 0.455 e. The molecule has 2 heterocycles. The zero-order chi connectivity index (χ0) is 19.9. The number of hydrogen-bond acceptors (Lipinski definition) is 3. The van der Waals surface area contributed by atoms with E-state index in [1.54, 1.807) is 4.90 Å². The number of ether oxygens (including phenoxy) is 1. The van der Waals surface area contributed by atoms with Crippen LogP contribution in [0.3, 0.4) is 0 Å². The number of piperazine rings is 1. The lowest BCUT2D eigenvalue weighted by Crippen LogP contribution is -3.28. The smallest absolute Gasteiger partial charge is 0.279 e. The van der Waals surface area contributed by atoms with Gasteiger partial charge in [0.2, 0.25) is 0 Å². The summed E-state index contributed by atoms with van der Waals surface area (Å²) in [6, 6.07) is 21.5. The number of nitrogens with one attached hydrogen (secondary N) is 3. The fraction of sp³-hybridized carbons (Fsp3) is 0.261. The van der Waals surface area contributed by atoms with Crippen LogP contribution in [0.4, 0.5) is 5.69 Å². The predicted octanol–water partition coefficient (Wildman–Crippen LogP) is 1.46. The zero-order valence-corrected chi connectivity index (χ0v) is 17.2. The van der Waals surface area contributed by atoms with Crippen LogP contribution in [-0.4, -0.2) is 38.6 Å². The van der Waals surface area contributed by atoms with Gasteiger partial charge in [0.25, 0.3) is 5.91 Å². The van der Waals surface area contributed by atoms with Crippen LogP contribution >= 0.6 is 11.3 Å². The molecule has 0 atom stereocenters. The third-order valence-corrected chi connectivity index (χ3v) is 6.09. The predicted molar refractivity (Wildman–Crippen MR) is 116 cm³/mol. The number of amides is 1. The third kappa shape index (κ3) is 5.67. The Morgan fingerprint density at radius 2 is 1.62 bits per heavy atom. The molecule has 3 N–H and O–H groups in total. The molecule has 1 fully saturated rings. The van der Waals surface area contributed by atoms with Gasteiger partial charge >= 0.3 is 0 Å². The first-order valence-electron chi connectivity index (χ1n) is 10.1. The van der Waals surface area contributed by atoms with Gasteiger partial charge in [0.15, 0.2) is 12.3 Å². The second-order valence-electron chi connectivity index (χ2n) is 7.39. The summed E-state index contributed by atoms with van der Waals surface area (Å²) in [5.41, 5.74) is 0.711. The molecule has 6 heteroatoms. The Morgan fingerprint density at radius 1 is 0.897 bits per heavy atom. The maximum atomic E-state index is 12.6. The van der Waals surface area contributed by atoms with Crippen molar-refractivity contribution in [2.75, 3.05) is 38.0 Å². The Morgan fingerprint density at radius 3 is 2.38 bits per heavy atom. The summed E-state index contributed by atoms with van der Waals surface area (Å²) in [6.07, 6.45) is 0. The molecule has 1 aliphatic rings. The van der Waals surface area contributed by atoms with E-state index in [-0.39, 0.29) is 5.91 Å². The number of hydrogen-bond donors (Lipinski definition) is 3. The summed E-state index contributed by atoms with van der Waals surface area (Å²) in [5.74, 6) is 1.45. The van der Waals surface area contributed by atoms with E-state index in [0.29, 0.717) is 18.0 Å². The second-order valence-corrected chi connectivity index (χ2v) is 8.42. The molecule has 0 spiro atoms. The van der Waals surface area contributed by atoms with Crippen molar-refractivity contribution in [1.82, 2.24) is 0 Å². The Labute approximate surface area is 175 Å². The van der Waals surface area contributed by atoms with E-state index in [1.807, 2.05) is 65.9 Å². The SMILES string of the molecule is O=C(C[NH+]1CC[NH+](Cc2cccs2)CC1)Nc1ccccc1Oc1ccccc1. The van der Waals surface area contributed by atoms with Crippen LogP contribution in [0.2, 0.25) is 0 Å². The number of carbonyl (C=O) groups excluding carboxylic acids is 1. The Hall–Kier alpha value is -2.67.